The normalized spacial score (nSPS) is 11.6. The maximum Gasteiger partial charge on any atom is 0.326 e. The fourth-order valence-electron chi connectivity index (χ4n) is 1.89. The van der Waals surface area contributed by atoms with Gasteiger partial charge < -0.3 is 24.6 Å². The Morgan fingerprint density at radius 1 is 1.24 bits per heavy atom. The van der Waals surface area contributed by atoms with Crippen molar-refractivity contribution in [2.75, 3.05) is 25.7 Å². The molecule has 1 rings (SSSR count). The number of methoxy groups -OCH3 is 2. The van der Waals surface area contributed by atoms with E-state index in [2.05, 4.69) is 0 Å². The van der Waals surface area contributed by atoms with Gasteiger partial charge in [-0.05, 0) is 19.1 Å². The number of ether oxygens (including phenoxy) is 2. The third-order valence-electron chi connectivity index (χ3n) is 3.09. The summed E-state index contributed by atoms with van der Waals surface area (Å²) in [4.78, 5) is 23.5. The van der Waals surface area contributed by atoms with E-state index >= 15 is 0 Å². The van der Waals surface area contributed by atoms with E-state index in [1.54, 1.807) is 18.2 Å². The summed E-state index contributed by atoms with van der Waals surface area (Å²) in [7, 11) is 2.96. The van der Waals surface area contributed by atoms with Crippen molar-refractivity contribution in [1.82, 2.24) is 0 Å². The molecule has 0 aliphatic heterocycles. The number of benzene rings is 1. The SMILES string of the molecule is COc1ccc(OC)c(N(CCC(=O)O)C(C)C(=O)O)c1. The lowest BCUT2D eigenvalue weighted by atomic mass is 10.2. The second-order valence-corrected chi connectivity index (χ2v) is 4.39. The first kappa shape index (κ1) is 16.6. The standard InChI is InChI=1S/C14H19NO6/c1-9(14(18)19)15(7-6-13(16)17)11-8-10(20-2)4-5-12(11)21-3/h4-5,8-9H,6-7H2,1-3H3,(H,16,17)(H,18,19). The molecule has 7 nitrogen and oxygen atoms in total. The zero-order valence-electron chi connectivity index (χ0n) is 12.2. The number of nitrogens with zero attached hydrogens (tertiary/aromatic N) is 1. The van der Waals surface area contributed by atoms with Crippen LogP contribution >= 0.6 is 0 Å². The molecule has 0 amide bonds. The Bertz CT molecular complexity index is 516. The molecule has 7 heteroatoms. The fraction of sp³-hybridized carbons (Fsp3) is 0.429. The molecular formula is C14H19NO6. The van der Waals surface area contributed by atoms with E-state index in [-0.39, 0.29) is 13.0 Å². The van der Waals surface area contributed by atoms with E-state index in [1.165, 1.54) is 26.0 Å². The highest BCUT2D eigenvalue weighted by atomic mass is 16.5. The average molecular weight is 297 g/mol. The third kappa shape index (κ3) is 4.27. The van der Waals surface area contributed by atoms with Crippen LogP contribution in [0.15, 0.2) is 18.2 Å². The van der Waals surface area contributed by atoms with Crippen molar-refractivity contribution in [3.05, 3.63) is 18.2 Å². The van der Waals surface area contributed by atoms with Crippen molar-refractivity contribution >= 4 is 17.6 Å². The van der Waals surface area contributed by atoms with Crippen LogP contribution in [0.25, 0.3) is 0 Å². The number of aliphatic carboxylic acids is 2. The van der Waals surface area contributed by atoms with Gasteiger partial charge in [0, 0.05) is 12.6 Å². The zero-order valence-corrected chi connectivity index (χ0v) is 12.2. The summed E-state index contributed by atoms with van der Waals surface area (Å²) in [6, 6.07) is 4.06. The van der Waals surface area contributed by atoms with Crippen LogP contribution in [0.3, 0.4) is 0 Å². The zero-order chi connectivity index (χ0) is 16.0. The van der Waals surface area contributed by atoms with Crippen LogP contribution in [0.4, 0.5) is 5.69 Å². The van der Waals surface area contributed by atoms with Gasteiger partial charge in [-0.2, -0.15) is 0 Å². The van der Waals surface area contributed by atoms with Gasteiger partial charge in [0.1, 0.15) is 17.5 Å². The van der Waals surface area contributed by atoms with E-state index in [0.717, 1.165) is 0 Å². The molecule has 0 fully saturated rings. The Kier molecular flexibility index (Phi) is 5.83. The molecule has 0 saturated heterocycles. The minimum Gasteiger partial charge on any atom is -0.497 e. The highest BCUT2D eigenvalue weighted by Crippen LogP contribution is 2.33. The van der Waals surface area contributed by atoms with Crippen LogP contribution in [0, 0.1) is 0 Å². The lowest BCUT2D eigenvalue weighted by Crippen LogP contribution is -2.40. The topological polar surface area (TPSA) is 96.3 Å². The van der Waals surface area contributed by atoms with E-state index in [1.807, 2.05) is 0 Å². The predicted molar refractivity (Wildman–Crippen MR) is 76.2 cm³/mol. The van der Waals surface area contributed by atoms with Crippen molar-refractivity contribution in [1.29, 1.82) is 0 Å². The van der Waals surface area contributed by atoms with Crippen LogP contribution < -0.4 is 14.4 Å². The Balaban J connectivity index is 3.22. The molecule has 1 aromatic rings. The molecule has 1 unspecified atom stereocenters. The summed E-state index contributed by atoms with van der Waals surface area (Å²) >= 11 is 0. The second-order valence-electron chi connectivity index (χ2n) is 4.39. The van der Waals surface area contributed by atoms with Crippen LogP contribution in [-0.2, 0) is 9.59 Å². The first-order valence-electron chi connectivity index (χ1n) is 6.34. The Labute approximate surface area is 122 Å². The summed E-state index contributed by atoms with van der Waals surface area (Å²) in [5.41, 5.74) is 0.480. The van der Waals surface area contributed by atoms with Gasteiger partial charge in [0.25, 0.3) is 0 Å². The fourth-order valence-corrected chi connectivity index (χ4v) is 1.89. The molecular weight excluding hydrogens is 278 g/mol. The Hall–Kier alpha value is -2.44. The van der Waals surface area contributed by atoms with Gasteiger partial charge >= 0.3 is 11.9 Å². The summed E-state index contributed by atoms with van der Waals surface area (Å²) in [6.07, 6.45) is -0.183. The third-order valence-corrected chi connectivity index (χ3v) is 3.09. The van der Waals surface area contributed by atoms with Crippen LogP contribution in [0.2, 0.25) is 0 Å². The largest absolute Gasteiger partial charge is 0.497 e. The molecule has 0 aliphatic carbocycles. The van der Waals surface area contributed by atoms with Crippen molar-refractivity contribution in [2.45, 2.75) is 19.4 Å². The van der Waals surface area contributed by atoms with Crippen molar-refractivity contribution in [3.8, 4) is 11.5 Å². The molecule has 0 radical (unpaired) electrons. The Morgan fingerprint density at radius 2 is 1.90 bits per heavy atom. The monoisotopic (exact) mass is 297 g/mol. The van der Waals surface area contributed by atoms with Crippen molar-refractivity contribution in [2.24, 2.45) is 0 Å². The van der Waals surface area contributed by atoms with Crippen LogP contribution in [0.5, 0.6) is 11.5 Å². The van der Waals surface area contributed by atoms with Crippen LogP contribution in [0.1, 0.15) is 13.3 Å². The lowest BCUT2D eigenvalue weighted by molar-refractivity contribution is -0.139. The molecule has 0 saturated carbocycles. The minimum absolute atomic E-state index is 0.0479. The number of carbonyl (C=O) groups is 2. The molecule has 0 heterocycles. The predicted octanol–water partition coefficient (Wildman–Crippen LogP) is 1.46. The molecule has 1 aromatic carbocycles. The summed E-state index contributed by atoms with van der Waals surface area (Å²) in [5, 5.41) is 18.0. The molecule has 0 bridgehead atoms. The highest BCUT2D eigenvalue weighted by Gasteiger charge is 2.24. The highest BCUT2D eigenvalue weighted by molar-refractivity contribution is 5.80. The molecule has 21 heavy (non-hydrogen) atoms. The van der Waals surface area contributed by atoms with Gasteiger partial charge in [-0.15, -0.1) is 0 Å². The molecule has 0 aliphatic rings. The number of hydrogen-bond donors (Lipinski definition) is 2. The van der Waals surface area contributed by atoms with Crippen LogP contribution in [-0.4, -0.2) is 49.0 Å². The average Bonchev–Trinajstić information content (AvgIpc) is 2.46. The molecule has 1 atom stereocenters. The number of carboxylic acids is 2. The van der Waals surface area contributed by atoms with Gasteiger partial charge in [0.15, 0.2) is 0 Å². The van der Waals surface area contributed by atoms with Crippen molar-refractivity contribution < 1.29 is 29.3 Å². The number of anilines is 1. The van der Waals surface area contributed by atoms with E-state index in [0.29, 0.717) is 17.2 Å². The van der Waals surface area contributed by atoms with E-state index in [4.69, 9.17) is 14.6 Å². The molecule has 0 aromatic heterocycles. The first-order chi connectivity index (χ1) is 9.90. The number of hydrogen-bond acceptors (Lipinski definition) is 5. The van der Waals surface area contributed by atoms with E-state index < -0.39 is 18.0 Å². The second kappa shape index (κ2) is 7.37. The van der Waals surface area contributed by atoms with Crippen molar-refractivity contribution in [3.63, 3.8) is 0 Å². The maximum atomic E-state index is 11.3. The van der Waals surface area contributed by atoms with Gasteiger partial charge in [0.2, 0.25) is 0 Å². The molecule has 116 valence electrons. The van der Waals surface area contributed by atoms with Gasteiger partial charge in [-0.25, -0.2) is 4.79 Å². The number of carboxylic acid groups (broad SMARTS) is 2. The lowest BCUT2D eigenvalue weighted by Gasteiger charge is -2.29. The Morgan fingerprint density at radius 3 is 2.38 bits per heavy atom. The first-order valence-corrected chi connectivity index (χ1v) is 6.34. The van der Waals surface area contributed by atoms with E-state index in [9.17, 15) is 14.7 Å². The summed E-state index contributed by atoms with van der Waals surface area (Å²) in [6.45, 7) is 1.54. The number of rotatable bonds is 8. The molecule has 0 spiro atoms. The summed E-state index contributed by atoms with van der Waals surface area (Å²) in [5.74, 6) is -1.07. The van der Waals surface area contributed by atoms with Gasteiger partial charge in [-0.1, -0.05) is 0 Å². The smallest absolute Gasteiger partial charge is 0.326 e. The summed E-state index contributed by atoms with van der Waals surface area (Å²) < 4.78 is 10.3. The minimum atomic E-state index is -1.05. The quantitative estimate of drug-likeness (QED) is 0.749. The molecule has 2 N–H and O–H groups in total. The maximum absolute atomic E-state index is 11.3. The van der Waals surface area contributed by atoms with Gasteiger partial charge in [0.05, 0.1) is 26.3 Å². The van der Waals surface area contributed by atoms with Gasteiger partial charge in [-0.3, -0.25) is 4.79 Å².